The Balaban J connectivity index is 1.69. The monoisotopic (exact) mass is 187 g/mol. The van der Waals surface area contributed by atoms with Gasteiger partial charge >= 0.3 is 0 Å². The quantitative estimate of drug-likeness (QED) is 0.684. The number of hydrogen-bond acceptors (Lipinski definition) is 3. The molecule has 0 atom stereocenters. The average Bonchev–Trinajstić information content (AvgIpc) is 1.91. The van der Waals surface area contributed by atoms with Crippen LogP contribution in [-0.4, -0.2) is 35.8 Å². The fraction of sp³-hybridized carbons (Fsp3) is 1.00. The highest BCUT2D eigenvalue weighted by Gasteiger charge is 2.36. The number of nitrogens with one attached hydrogen (secondary N) is 1. The molecule has 1 aliphatic carbocycles. The highest BCUT2D eigenvalue weighted by molar-refractivity contribution is 8.00. The predicted octanol–water partition coefficient (Wildman–Crippen LogP) is 0.854. The lowest BCUT2D eigenvalue weighted by Gasteiger charge is -2.42. The summed E-state index contributed by atoms with van der Waals surface area (Å²) in [6, 6.07) is 0.735. The van der Waals surface area contributed by atoms with Crippen molar-refractivity contribution in [1.82, 2.24) is 5.32 Å². The molecule has 0 aromatic heterocycles. The van der Waals surface area contributed by atoms with Crippen LogP contribution in [-0.2, 0) is 0 Å². The van der Waals surface area contributed by atoms with Crippen molar-refractivity contribution in [3.8, 4) is 0 Å². The molecular formula is C9H17NOS. The van der Waals surface area contributed by atoms with Crippen molar-refractivity contribution in [2.24, 2.45) is 5.41 Å². The first-order valence-corrected chi connectivity index (χ1v) is 5.92. The first-order valence-electron chi connectivity index (χ1n) is 4.77. The van der Waals surface area contributed by atoms with Crippen LogP contribution in [0.25, 0.3) is 0 Å². The summed E-state index contributed by atoms with van der Waals surface area (Å²) in [5.41, 5.74) is 0.264. The van der Waals surface area contributed by atoms with E-state index in [4.69, 9.17) is 0 Å². The van der Waals surface area contributed by atoms with Crippen molar-refractivity contribution < 1.29 is 5.11 Å². The van der Waals surface area contributed by atoms with E-state index in [2.05, 4.69) is 5.32 Å². The molecule has 2 aliphatic rings. The largest absolute Gasteiger partial charge is 0.396 e. The summed E-state index contributed by atoms with van der Waals surface area (Å²) < 4.78 is 0. The van der Waals surface area contributed by atoms with Crippen LogP contribution in [0, 0.1) is 5.41 Å². The maximum atomic E-state index is 9.19. The van der Waals surface area contributed by atoms with Gasteiger partial charge in [0.2, 0.25) is 0 Å². The summed E-state index contributed by atoms with van der Waals surface area (Å²) in [6.07, 6.45) is 3.74. The van der Waals surface area contributed by atoms with Crippen LogP contribution < -0.4 is 5.32 Å². The van der Waals surface area contributed by atoms with Crippen molar-refractivity contribution in [2.75, 3.05) is 24.7 Å². The highest BCUT2D eigenvalue weighted by Crippen LogP contribution is 2.39. The molecule has 70 valence electrons. The van der Waals surface area contributed by atoms with Gasteiger partial charge in [0.05, 0.1) is 0 Å². The van der Waals surface area contributed by atoms with Crippen LogP contribution in [0.4, 0.5) is 0 Å². The second-order valence-electron chi connectivity index (χ2n) is 4.13. The second-order valence-corrected chi connectivity index (χ2v) is 5.20. The Morgan fingerprint density at radius 2 is 2.17 bits per heavy atom. The molecule has 0 unspecified atom stereocenters. The fourth-order valence-corrected chi connectivity index (χ4v) is 2.49. The van der Waals surface area contributed by atoms with Gasteiger partial charge in [-0.2, -0.15) is 11.8 Å². The van der Waals surface area contributed by atoms with Crippen LogP contribution in [0.5, 0.6) is 0 Å². The molecule has 1 aliphatic heterocycles. The van der Waals surface area contributed by atoms with E-state index >= 15 is 0 Å². The van der Waals surface area contributed by atoms with Crippen LogP contribution in [0.15, 0.2) is 0 Å². The second kappa shape index (κ2) is 3.56. The molecule has 0 bridgehead atoms. The Morgan fingerprint density at radius 1 is 1.42 bits per heavy atom. The molecule has 0 spiro atoms. The van der Waals surface area contributed by atoms with E-state index in [9.17, 15) is 5.11 Å². The van der Waals surface area contributed by atoms with Gasteiger partial charge in [-0.15, -0.1) is 0 Å². The van der Waals surface area contributed by atoms with Crippen molar-refractivity contribution in [3.05, 3.63) is 0 Å². The fourth-order valence-electron chi connectivity index (χ4n) is 1.78. The van der Waals surface area contributed by atoms with Crippen molar-refractivity contribution in [3.63, 3.8) is 0 Å². The molecule has 0 amide bonds. The van der Waals surface area contributed by atoms with E-state index in [0.29, 0.717) is 6.61 Å². The van der Waals surface area contributed by atoms with E-state index in [1.165, 1.54) is 30.8 Å². The minimum Gasteiger partial charge on any atom is -0.396 e. The number of hydrogen-bond donors (Lipinski definition) is 2. The zero-order valence-electron chi connectivity index (χ0n) is 7.38. The van der Waals surface area contributed by atoms with Crippen molar-refractivity contribution >= 4 is 11.8 Å². The average molecular weight is 187 g/mol. The zero-order chi connectivity index (χ0) is 8.44. The molecule has 2 fully saturated rings. The smallest absolute Gasteiger partial charge is 0.0499 e. The van der Waals surface area contributed by atoms with E-state index in [1.54, 1.807) is 0 Å². The minimum absolute atomic E-state index is 0.264. The number of rotatable bonds is 4. The maximum Gasteiger partial charge on any atom is 0.0499 e. The van der Waals surface area contributed by atoms with Crippen LogP contribution in [0.1, 0.15) is 19.3 Å². The molecule has 3 heteroatoms. The van der Waals surface area contributed by atoms with Gasteiger partial charge in [-0.25, -0.2) is 0 Å². The summed E-state index contributed by atoms with van der Waals surface area (Å²) in [4.78, 5) is 0. The summed E-state index contributed by atoms with van der Waals surface area (Å²) in [7, 11) is 0. The summed E-state index contributed by atoms with van der Waals surface area (Å²) >= 11 is 2.00. The first kappa shape index (κ1) is 8.85. The molecule has 1 saturated heterocycles. The standard InChI is InChI=1S/C9H17NOS/c11-7-9(2-1-3-9)6-10-8-4-12-5-8/h8,10-11H,1-7H2. The summed E-state index contributed by atoms with van der Waals surface area (Å²) in [6.45, 7) is 1.41. The number of aliphatic hydroxyl groups excluding tert-OH is 1. The van der Waals surface area contributed by atoms with Gasteiger partial charge in [-0.05, 0) is 12.8 Å². The summed E-state index contributed by atoms with van der Waals surface area (Å²) in [5, 5.41) is 12.7. The third-order valence-corrected chi connectivity index (χ3v) is 4.43. The van der Waals surface area contributed by atoms with E-state index < -0.39 is 0 Å². The third-order valence-electron chi connectivity index (χ3n) is 3.15. The molecule has 2 nitrogen and oxygen atoms in total. The minimum atomic E-state index is 0.264. The van der Waals surface area contributed by atoms with Gasteiger partial charge in [0.15, 0.2) is 0 Å². The van der Waals surface area contributed by atoms with E-state index in [-0.39, 0.29) is 5.41 Å². The van der Waals surface area contributed by atoms with Crippen LogP contribution in [0.2, 0.25) is 0 Å². The lowest BCUT2D eigenvalue weighted by molar-refractivity contribution is 0.0430. The van der Waals surface area contributed by atoms with Gasteiger partial charge < -0.3 is 10.4 Å². The third kappa shape index (κ3) is 1.63. The van der Waals surface area contributed by atoms with Crippen LogP contribution >= 0.6 is 11.8 Å². The molecule has 0 aromatic rings. The normalized spacial score (nSPS) is 27.8. The number of aliphatic hydroxyl groups is 1. The van der Waals surface area contributed by atoms with Gasteiger partial charge in [0.25, 0.3) is 0 Å². The summed E-state index contributed by atoms with van der Waals surface area (Å²) in [5.74, 6) is 2.53. The molecule has 12 heavy (non-hydrogen) atoms. The van der Waals surface area contributed by atoms with Crippen molar-refractivity contribution in [1.29, 1.82) is 0 Å². The van der Waals surface area contributed by atoms with Gasteiger partial charge in [0, 0.05) is 36.1 Å². The molecule has 2 rings (SSSR count). The SMILES string of the molecule is OCC1(CNC2CSC2)CCC1. The maximum absolute atomic E-state index is 9.19. The topological polar surface area (TPSA) is 32.3 Å². The molecule has 1 heterocycles. The first-order chi connectivity index (χ1) is 5.85. The van der Waals surface area contributed by atoms with Crippen LogP contribution in [0.3, 0.4) is 0 Å². The Kier molecular flexibility index (Phi) is 2.63. The predicted molar refractivity (Wildman–Crippen MR) is 52.5 cm³/mol. The zero-order valence-corrected chi connectivity index (χ0v) is 8.20. The Morgan fingerprint density at radius 3 is 2.50 bits per heavy atom. The number of thioether (sulfide) groups is 1. The Hall–Kier alpha value is 0.270. The molecule has 0 radical (unpaired) electrons. The van der Waals surface area contributed by atoms with E-state index in [0.717, 1.165) is 12.6 Å². The lowest BCUT2D eigenvalue weighted by Crippen LogP contribution is -2.49. The van der Waals surface area contributed by atoms with E-state index in [1.807, 2.05) is 11.8 Å². The van der Waals surface area contributed by atoms with Gasteiger partial charge in [0.1, 0.15) is 0 Å². The molecule has 2 N–H and O–H groups in total. The molecule has 1 saturated carbocycles. The Labute approximate surface area is 78.1 Å². The van der Waals surface area contributed by atoms with Gasteiger partial charge in [-0.1, -0.05) is 6.42 Å². The Bertz CT molecular complexity index is 149. The van der Waals surface area contributed by atoms with Crippen molar-refractivity contribution in [2.45, 2.75) is 25.3 Å². The highest BCUT2D eigenvalue weighted by atomic mass is 32.2. The molecule has 0 aromatic carbocycles. The molecular weight excluding hydrogens is 170 g/mol. The lowest BCUT2D eigenvalue weighted by atomic mass is 9.69. The van der Waals surface area contributed by atoms with Gasteiger partial charge in [-0.3, -0.25) is 0 Å².